The average Bonchev–Trinajstić information content (AvgIpc) is 2.56. The van der Waals surface area contributed by atoms with Crippen LogP contribution in [-0.4, -0.2) is 38.7 Å². The van der Waals surface area contributed by atoms with Gasteiger partial charge in [-0.25, -0.2) is 0 Å². The van der Waals surface area contributed by atoms with Crippen LogP contribution in [0.4, 0.5) is 0 Å². The van der Waals surface area contributed by atoms with Gasteiger partial charge in [0, 0.05) is 19.8 Å². The van der Waals surface area contributed by atoms with E-state index < -0.39 is 0 Å². The summed E-state index contributed by atoms with van der Waals surface area (Å²) in [6.45, 7) is 3.64. The lowest BCUT2D eigenvalue weighted by atomic mass is 10.2. The predicted octanol–water partition coefficient (Wildman–Crippen LogP) is 0.475. The first-order chi connectivity index (χ1) is 7.36. The third kappa shape index (κ3) is 2.21. The molecule has 1 rings (SSSR count). The van der Waals surface area contributed by atoms with Gasteiger partial charge in [-0.3, -0.25) is 9.48 Å². The molecule has 1 unspecified atom stereocenters. The van der Waals surface area contributed by atoms with Crippen LogP contribution in [0, 0.1) is 6.92 Å². The van der Waals surface area contributed by atoms with Gasteiger partial charge in [-0.1, -0.05) is 12.2 Å². The number of aryl methyl sites for hydroxylation is 1. The van der Waals surface area contributed by atoms with E-state index in [1.54, 1.807) is 31.9 Å². The number of aromatic nitrogens is 2. The molecule has 5 nitrogen and oxygen atoms in total. The Hall–Kier alpha value is -1.43. The first kappa shape index (κ1) is 12.6. The van der Waals surface area contributed by atoms with E-state index >= 15 is 0 Å². The van der Waals surface area contributed by atoms with Crippen molar-refractivity contribution in [2.75, 3.05) is 7.05 Å². The Balaban J connectivity index is 2.95. The van der Waals surface area contributed by atoms with Crippen molar-refractivity contribution >= 4 is 23.1 Å². The molecule has 0 saturated carbocycles. The summed E-state index contributed by atoms with van der Waals surface area (Å²) in [5.41, 5.74) is 6.92. The average molecular weight is 240 g/mol. The summed E-state index contributed by atoms with van der Waals surface area (Å²) in [4.78, 5) is 13.9. The maximum absolute atomic E-state index is 12.1. The standard InChI is InChI=1S/C10H16N4OS/c1-6-8(5-12-14(6)4)10(15)13(3)7(2)9(11)16/h5,7H,1-4H3,(H2,11,16). The molecule has 1 amide bonds. The van der Waals surface area contributed by atoms with Crippen LogP contribution in [0.1, 0.15) is 23.0 Å². The summed E-state index contributed by atoms with van der Waals surface area (Å²) >= 11 is 4.86. The highest BCUT2D eigenvalue weighted by Crippen LogP contribution is 2.10. The van der Waals surface area contributed by atoms with Crippen LogP contribution < -0.4 is 5.73 Å². The zero-order chi connectivity index (χ0) is 12.5. The topological polar surface area (TPSA) is 64.2 Å². The molecule has 0 aliphatic heterocycles. The highest BCUT2D eigenvalue weighted by Gasteiger charge is 2.22. The molecule has 0 aromatic carbocycles. The van der Waals surface area contributed by atoms with Crippen molar-refractivity contribution in [1.29, 1.82) is 0 Å². The highest BCUT2D eigenvalue weighted by atomic mass is 32.1. The summed E-state index contributed by atoms with van der Waals surface area (Å²) < 4.78 is 1.66. The van der Waals surface area contributed by atoms with E-state index in [1.807, 2.05) is 6.92 Å². The number of hydrogen-bond donors (Lipinski definition) is 1. The van der Waals surface area contributed by atoms with Gasteiger partial charge in [-0.05, 0) is 13.8 Å². The third-order valence-electron chi connectivity index (χ3n) is 2.78. The van der Waals surface area contributed by atoms with Crippen LogP contribution in [-0.2, 0) is 7.05 Å². The van der Waals surface area contributed by atoms with Crippen LogP contribution in [0.25, 0.3) is 0 Å². The van der Waals surface area contributed by atoms with Crippen LogP contribution in [0.3, 0.4) is 0 Å². The molecule has 0 fully saturated rings. The molecule has 0 bridgehead atoms. The Morgan fingerprint density at radius 3 is 2.62 bits per heavy atom. The lowest BCUT2D eigenvalue weighted by molar-refractivity contribution is 0.0778. The second-order valence-electron chi connectivity index (χ2n) is 3.76. The van der Waals surface area contributed by atoms with Gasteiger partial charge in [-0.15, -0.1) is 0 Å². The molecule has 1 heterocycles. The summed E-state index contributed by atoms with van der Waals surface area (Å²) in [5.74, 6) is -0.120. The van der Waals surface area contributed by atoms with Crippen molar-refractivity contribution < 1.29 is 4.79 Å². The molecule has 0 aliphatic rings. The number of likely N-dealkylation sites (N-methyl/N-ethyl adjacent to an activating group) is 1. The molecule has 0 radical (unpaired) electrons. The van der Waals surface area contributed by atoms with E-state index in [2.05, 4.69) is 5.10 Å². The monoisotopic (exact) mass is 240 g/mol. The minimum Gasteiger partial charge on any atom is -0.392 e. The van der Waals surface area contributed by atoms with Crippen LogP contribution in [0.2, 0.25) is 0 Å². The van der Waals surface area contributed by atoms with Gasteiger partial charge in [-0.2, -0.15) is 5.10 Å². The predicted molar refractivity (Wildman–Crippen MR) is 66.3 cm³/mol. The smallest absolute Gasteiger partial charge is 0.257 e. The highest BCUT2D eigenvalue weighted by molar-refractivity contribution is 7.80. The van der Waals surface area contributed by atoms with Crippen molar-refractivity contribution in [1.82, 2.24) is 14.7 Å². The fourth-order valence-electron chi connectivity index (χ4n) is 1.27. The first-order valence-corrected chi connectivity index (χ1v) is 5.32. The lowest BCUT2D eigenvalue weighted by Gasteiger charge is -2.23. The van der Waals surface area contributed by atoms with Crippen LogP contribution in [0.15, 0.2) is 6.20 Å². The number of nitrogens with zero attached hydrogens (tertiary/aromatic N) is 3. The molecular formula is C10H16N4OS. The number of nitrogens with two attached hydrogens (primary N) is 1. The Kier molecular flexibility index (Phi) is 3.64. The Labute approximate surface area is 100 Å². The molecule has 88 valence electrons. The quantitative estimate of drug-likeness (QED) is 0.780. The van der Waals surface area contributed by atoms with Gasteiger partial charge in [0.15, 0.2) is 0 Å². The first-order valence-electron chi connectivity index (χ1n) is 4.91. The summed E-state index contributed by atoms with van der Waals surface area (Å²) in [6, 6.07) is -0.262. The normalized spacial score (nSPS) is 12.2. The number of rotatable bonds is 3. The van der Waals surface area contributed by atoms with E-state index in [0.29, 0.717) is 10.6 Å². The second-order valence-corrected chi connectivity index (χ2v) is 4.23. The Morgan fingerprint density at radius 2 is 2.25 bits per heavy atom. The number of hydrogen-bond acceptors (Lipinski definition) is 3. The lowest BCUT2D eigenvalue weighted by Crippen LogP contribution is -2.42. The van der Waals surface area contributed by atoms with E-state index in [9.17, 15) is 4.79 Å². The van der Waals surface area contributed by atoms with Crippen molar-refractivity contribution in [3.05, 3.63) is 17.5 Å². The molecule has 2 N–H and O–H groups in total. The minimum absolute atomic E-state index is 0.120. The largest absolute Gasteiger partial charge is 0.392 e. The SMILES string of the molecule is Cc1c(C(=O)N(C)C(C)C(N)=S)cnn1C. The van der Waals surface area contributed by atoms with Gasteiger partial charge in [0.2, 0.25) is 0 Å². The van der Waals surface area contributed by atoms with Gasteiger partial charge in [0.1, 0.15) is 0 Å². The fraction of sp³-hybridized carbons (Fsp3) is 0.500. The maximum Gasteiger partial charge on any atom is 0.257 e. The number of carbonyl (C=O) groups is 1. The van der Waals surface area contributed by atoms with Gasteiger partial charge in [0.25, 0.3) is 5.91 Å². The van der Waals surface area contributed by atoms with E-state index in [1.165, 1.54) is 4.90 Å². The number of amides is 1. The zero-order valence-corrected chi connectivity index (χ0v) is 10.7. The fourth-order valence-corrected chi connectivity index (χ4v) is 1.42. The molecule has 0 spiro atoms. The molecule has 1 atom stereocenters. The molecule has 1 aromatic heterocycles. The van der Waals surface area contributed by atoms with E-state index in [4.69, 9.17) is 18.0 Å². The summed E-state index contributed by atoms with van der Waals surface area (Å²) in [5, 5.41) is 4.03. The molecule has 0 saturated heterocycles. The Bertz CT molecular complexity index is 426. The number of carbonyl (C=O) groups excluding carboxylic acids is 1. The third-order valence-corrected chi connectivity index (χ3v) is 3.12. The van der Waals surface area contributed by atoms with Gasteiger partial charge < -0.3 is 10.6 Å². The summed E-state index contributed by atoms with van der Waals surface area (Å²) in [7, 11) is 3.47. The van der Waals surface area contributed by atoms with Crippen LogP contribution >= 0.6 is 12.2 Å². The number of thiocarbonyl (C=S) groups is 1. The van der Waals surface area contributed by atoms with Crippen molar-refractivity contribution in [2.24, 2.45) is 12.8 Å². The minimum atomic E-state index is -0.262. The molecule has 16 heavy (non-hydrogen) atoms. The second kappa shape index (κ2) is 4.61. The summed E-state index contributed by atoms with van der Waals surface area (Å²) in [6.07, 6.45) is 1.56. The zero-order valence-electron chi connectivity index (χ0n) is 9.89. The molecule has 0 aliphatic carbocycles. The maximum atomic E-state index is 12.1. The van der Waals surface area contributed by atoms with Gasteiger partial charge in [0.05, 0.1) is 22.8 Å². The molecule has 6 heteroatoms. The Morgan fingerprint density at radius 1 is 1.69 bits per heavy atom. The molecular weight excluding hydrogens is 224 g/mol. The van der Waals surface area contributed by atoms with E-state index in [0.717, 1.165) is 5.69 Å². The van der Waals surface area contributed by atoms with Crippen molar-refractivity contribution in [2.45, 2.75) is 19.9 Å². The van der Waals surface area contributed by atoms with Crippen LogP contribution in [0.5, 0.6) is 0 Å². The van der Waals surface area contributed by atoms with Crippen molar-refractivity contribution in [3.63, 3.8) is 0 Å². The van der Waals surface area contributed by atoms with E-state index in [-0.39, 0.29) is 11.9 Å². The van der Waals surface area contributed by atoms with Crippen molar-refractivity contribution in [3.8, 4) is 0 Å². The van der Waals surface area contributed by atoms with Gasteiger partial charge >= 0.3 is 0 Å². The molecule has 1 aromatic rings.